The molecule has 3 rings (SSSR count). The second-order valence-electron chi connectivity index (χ2n) is 7.29. The Labute approximate surface area is 177 Å². The van der Waals surface area contributed by atoms with E-state index in [2.05, 4.69) is 0 Å². The molecule has 6 heteroatoms. The number of aliphatic hydroxyl groups excluding tert-OH is 2. The molecule has 30 heavy (non-hydrogen) atoms. The van der Waals surface area contributed by atoms with Gasteiger partial charge in [0.25, 0.3) is 0 Å². The van der Waals surface area contributed by atoms with Crippen LogP contribution in [0, 0.1) is 0 Å². The summed E-state index contributed by atoms with van der Waals surface area (Å²) in [6, 6.07) is 4.99. The summed E-state index contributed by atoms with van der Waals surface area (Å²) in [4.78, 5) is 17.0. The molecular formula is C24H30N2O4. The molecule has 2 aliphatic rings. The number of Topliss-reactive ketones (excluding diaryl/α,β-unsaturated/α-hetero) is 1. The van der Waals surface area contributed by atoms with Crippen LogP contribution in [-0.4, -0.2) is 52.2 Å². The van der Waals surface area contributed by atoms with E-state index in [0.29, 0.717) is 23.2 Å². The highest BCUT2D eigenvalue weighted by Crippen LogP contribution is 2.42. The predicted octanol–water partition coefficient (Wildman–Crippen LogP) is 4.46. The number of rotatable bonds is 7. The zero-order valence-electron chi connectivity index (χ0n) is 18.1. The van der Waals surface area contributed by atoms with Crippen LogP contribution < -0.4 is 4.90 Å². The summed E-state index contributed by atoms with van der Waals surface area (Å²) in [5, 5.41) is 31.9. The van der Waals surface area contributed by atoms with E-state index in [1.807, 2.05) is 43.6 Å². The van der Waals surface area contributed by atoms with Crippen LogP contribution in [0.15, 0.2) is 58.7 Å². The third-order valence-corrected chi connectivity index (χ3v) is 5.83. The van der Waals surface area contributed by atoms with E-state index in [4.69, 9.17) is 0 Å². The fourth-order valence-corrected chi connectivity index (χ4v) is 4.14. The minimum Gasteiger partial charge on any atom is -0.506 e. The van der Waals surface area contributed by atoms with Gasteiger partial charge in [-0.3, -0.25) is 4.79 Å². The molecule has 0 saturated carbocycles. The number of benzene rings is 1. The molecule has 0 saturated heterocycles. The number of aromatic hydroxyl groups is 1. The van der Waals surface area contributed by atoms with Gasteiger partial charge in [0.05, 0.1) is 22.5 Å². The first-order valence-electron chi connectivity index (χ1n) is 10.5. The van der Waals surface area contributed by atoms with Crippen molar-refractivity contribution in [3.8, 4) is 5.75 Å². The molecule has 6 nitrogen and oxygen atoms in total. The van der Waals surface area contributed by atoms with Crippen molar-refractivity contribution in [1.29, 1.82) is 0 Å². The van der Waals surface area contributed by atoms with Crippen molar-refractivity contribution in [2.24, 2.45) is 0 Å². The van der Waals surface area contributed by atoms with E-state index in [1.165, 1.54) is 6.07 Å². The summed E-state index contributed by atoms with van der Waals surface area (Å²) in [5.74, 6) is -0.388. The van der Waals surface area contributed by atoms with Gasteiger partial charge >= 0.3 is 0 Å². The fraction of sp³-hybridized carbons (Fsp3) is 0.375. The third-order valence-electron chi connectivity index (χ3n) is 5.83. The Bertz CT molecular complexity index is 977. The monoisotopic (exact) mass is 410 g/mol. The van der Waals surface area contributed by atoms with Gasteiger partial charge in [-0.15, -0.1) is 0 Å². The second kappa shape index (κ2) is 8.69. The summed E-state index contributed by atoms with van der Waals surface area (Å²) in [7, 11) is 0. The Balaban J connectivity index is 2.02. The van der Waals surface area contributed by atoms with Crippen molar-refractivity contribution in [3.63, 3.8) is 0 Å². The van der Waals surface area contributed by atoms with Gasteiger partial charge in [0, 0.05) is 38.2 Å². The first-order valence-corrected chi connectivity index (χ1v) is 10.5. The first kappa shape index (κ1) is 21.6. The topological polar surface area (TPSA) is 84.2 Å². The normalized spacial score (nSPS) is 18.7. The SMILES string of the molecule is CCN(CC)C1=C(O)C(=C2C(=O)C(c3ccc(N(CC)CC)c(O)c3)=C2O)C=CC1. The highest BCUT2D eigenvalue weighted by Gasteiger charge is 2.38. The van der Waals surface area contributed by atoms with Gasteiger partial charge in [0.1, 0.15) is 17.3 Å². The molecule has 0 amide bonds. The maximum absolute atomic E-state index is 12.9. The molecule has 0 aromatic heterocycles. The lowest BCUT2D eigenvalue weighted by molar-refractivity contribution is -0.111. The number of nitrogens with zero attached hydrogens (tertiary/aromatic N) is 2. The van der Waals surface area contributed by atoms with Crippen LogP contribution in [0.25, 0.3) is 5.57 Å². The van der Waals surface area contributed by atoms with Crippen LogP contribution in [0.5, 0.6) is 5.75 Å². The minimum atomic E-state index is -0.338. The molecular weight excluding hydrogens is 380 g/mol. The molecule has 0 unspecified atom stereocenters. The average Bonchev–Trinajstić information content (AvgIpc) is 2.74. The quantitative estimate of drug-likeness (QED) is 0.576. The summed E-state index contributed by atoms with van der Waals surface area (Å²) < 4.78 is 0. The third kappa shape index (κ3) is 3.47. The van der Waals surface area contributed by atoms with Crippen LogP contribution in [0.3, 0.4) is 0 Å². The number of carbonyl (C=O) groups excluding carboxylic acids is 1. The zero-order chi connectivity index (χ0) is 22.0. The van der Waals surface area contributed by atoms with Crippen molar-refractivity contribution in [2.45, 2.75) is 34.1 Å². The van der Waals surface area contributed by atoms with Gasteiger partial charge in [0.2, 0.25) is 5.78 Å². The lowest BCUT2D eigenvalue weighted by Gasteiger charge is -2.30. The van der Waals surface area contributed by atoms with Crippen molar-refractivity contribution in [2.75, 3.05) is 31.1 Å². The number of phenols is 1. The van der Waals surface area contributed by atoms with Gasteiger partial charge in [0.15, 0.2) is 0 Å². The summed E-state index contributed by atoms with van der Waals surface area (Å²) in [6.45, 7) is 11.0. The van der Waals surface area contributed by atoms with E-state index in [1.54, 1.807) is 18.2 Å². The van der Waals surface area contributed by atoms with Crippen molar-refractivity contribution in [3.05, 3.63) is 64.3 Å². The molecule has 0 fully saturated rings. The molecule has 0 spiro atoms. The highest BCUT2D eigenvalue weighted by atomic mass is 16.3. The Kier molecular flexibility index (Phi) is 6.25. The average molecular weight is 411 g/mol. The van der Waals surface area contributed by atoms with E-state index < -0.39 is 0 Å². The highest BCUT2D eigenvalue weighted by molar-refractivity contribution is 6.39. The lowest BCUT2D eigenvalue weighted by atomic mass is 9.79. The van der Waals surface area contributed by atoms with Crippen molar-refractivity contribution >= 4 is 17.0 Å². The molecule has 2 aliphatic carbocycles. The number of allylic oxidation sites excluding steroid dienone is 4. The Morgan fingerprint density at radius 2 is 1.50 bits per heavy atom. The number of carbonyl (C=O) groups is 1. The zero-order valence-corrected chi connectivity index (χ0v) is 18.1. The molecule has 160 valence electrons. The number of anilines is 1. The molecule has 0 bridgehead atoms. The van der Waals surface area contributed by atoms with E-state index in [-0.39, 0.29) is 34.2 Å². The van der Waals surface area contributed by atoms with Crippen LogP contribution >= 0.6 is 0 Å². The van der Waals surface area contributed by atoms with Gasteiger partial charge < -0.3 is 25.1 Å². The Morgan fingerprint density at radius 3 is 2.03 bits per heavy atom. The van der Waals surface area contributed by atoms with Crippen LogP contribution in [-0.2, 0) is 4.79 Å². The molecule has 0 heterocycles. The molecule has 0 radical (unpaired) electrons. The summed E-state index contributed by atoms with van der Waals surface area (Å²) in [6.07, 6.45) is 4.15. The predicted molar refractivity (Wildman–Crippen MR) is 120 cm³/mol. The number of ketones is 1. The Hall–Kier alpha value is -3.15. The maximum atomic E-state index is 12.9. The van der Waals surface area contributed by atoms with E-state index in [9.17, 15) is 20.1 Å². The van der Waals surface area contributed by atoms with Crippen molar-refractivity contribution < 1.29 is 20.1 Å². The minimum absolute atomic E-state index is 0.0369. The summed E-state index contributed by atoms with van der Waals surface area (Å²) >= 11 is 0. The number of aliphatic hydroxyl groups is 2. The van der Waals surface area contributed by atoms with Gasteiger partial charge in [-0.1, -0.05) is 18.2 Å². The smallest absolute Gasteiger partial charge is 0.201 e. The second-order valence-corrected chi connectivity index (χ2v) is 7.29. The van der Waals surface area contributed by atoms with E-state index in [0.717, 1.165) is 31.9 Å². The summed E-state index contributed by atoms with van der Waals surface area (Å²) in [5.41, 5.74) is 2.53. The van der Waals surface area contributed by atoms with E-state index >= 15 is 0 Å². The largest absolute Gasteiger partial charge is 0.506 e. The van der Waals surface area contributed by atoms with Gasteiger partial charge in [-0.2, -0.15) is 0 Å². The molecule has 0 aliphatic heterocycles. The number of hydrogen-bond donors (Lipinski definition) is 3. The number of hydrogen-bond acceptors (Lipinski definition) is 6. The van der Waals surface area contributed by atoms with Crippen LogP contribution in [0.2, 0.25) is 0 Å². The molecule has 0 atom stereocenters. The number of phenolic OH excluding ortho intramolecular Hbond substituents is 1. The van der Waals surface area contributed by atoms with Crippen LogP contribution in [0.1, 0.15) is 39.7 Å². The van der Waals surface area contributed by atoms with Gasteiger partial charge in [-0.25, -0.2) is 0 Å². The maximum Gasteiger partial charge on any atom is 0.201 e. The van der Waals surface area contributed by atoms with Crippen molar-refractivity contribution in [1.82, 2.24) is 4.90 Å². The fourth-order valence-electron chi connectivity index (χ4n) is 4.14. The molecule has 1 aromatic carbocycles. The molecule has 3 N–H and O–H groups in total. The molecule has 1 aromatic rings. The van der Waals surface area contributed by atoms with Gasteiger partial charge in [-0.05, 0) is 45.4 Å². The lowest BCUT2D eigenvalue weighted by Crippen LogP contribution is -2.27. The first-order chi connectivity index (χ1) is 14.4. The van der Waals surface area contributed by atoms with Crippen LogP contribution in [0.4, 0.5) is 5.69 Å². The Morgan fingerprint density at radius 1 is 0.867 bits per heavy atom. The standard InChI is InChI=1S/C24H30N2O4/c1-5-25(6-2)17-13-12-15(14-19(17)27)20-23(29)21(24(20)30)16-10-9-11-18(22(16)28)26(7-3)8-4/h9-10,12-14,27-29H,5-8,11H2,1-4H3.